The second-order valence-electron chi connectivity index (χ2n) is 3.42. The second-order valence-corrected chi connectivity index (χ2v) is 6.51. The van der Waals surface area contributed by atoms with E-state index in [0.717, 1.165) is 24.6 Å². The minimum atomic E-state index is -1.54. The predicted molar refractivity (Wildman–Crippen MR) is 69.1 cm³/mol. The van der Waals surface area contributed by atoms with Crippen LogP contribution in [0.25, 0.3) is 0 Å². The van der Waals surface area contributed by atoms with E-state index in [1.807, 2.05) is 24.3 Å². The van der Waals surface area contributed by atoms with Gasteiger partial charge in [-0.2, -0.15) is 0 Å². The molecule has 0 N–H and O–H groups in total. The van der Waals surface area contributed by atoms with Crippen molar-refractivity contribution in [2.75, 3.05) is 0 Å². The molecule has 0 aliphatic heterocycles. The lowest BCUT2D eigenvalue weighted by Crippen LogP contribution is -2.14. The molecule has 0 aliphatic carbocycles. The first kappa shape index (κ1) is 12.3. The molecule has 0 saturated heterocycles. The van der Waals surface area contributed by atoms with E-state index in [-0.39, 0.29) is 0 Å². The summed E-state index contributed by atoms with van der Waals surface area (Å²) in [5.41, 5.74) is 1.17. The fraction of sp³-hybridized carbons (Fsp3) is 0.333. The van der Waals surface area contributed by atoms with Gasteiger partial charge in [0.25, 0.3) is 0 Å². The molecule has 0 spiro atoms. The van der Waals surface area contributed by atoms with Gasteiger partial charge in [-0.3, -0.25) is 0 Å². The minimum Gasteiger partial charge on any atom is -0.531 e. The van der Waals surface area contributed by atoms with Gasteiger partial charge in [-0.15, -0.1) is 17.7 Å². The number of halogens is 1. The van der Waals surface area contributed by atoms with Crippen LogP contribution < -0.4 is 4.43 Å². The summed E-state index contributed by atoms with van der Waals surface area (Å²) < 4.78 is 5.79. The predicted octanol–water partition coefficient (Wildman–Crippen LogP) is 3.66. The van der Waals surface area contributed by atoms with Gasteiger partial charge >= 0.3 is 8.35 Å². The van der Waals surface area contributed by atoms with E-state index in [2.05, 4.69) is 19.6 Å². The molecule has 1 rings (SSSR count). The molecule has 0 fully saturated rings. The first-order chi connectivity index (χ1) is 7.27. The Morgan fingerprint density at radius 2 is 2.20 bits per heavy atom. The Kier molecular flexibility index (Phi) is 5.51. The minimum absolute atomic E-state index is 0.834. The summed E-state index contributed by atoms with van der Waals surface area (Å²) in [6.45, 7) is 5.86. The van der Waals surface area contributed by atoms with Crippen molar-refractivity contribution in [3.63, 3.8) is 0 Å². The van der Waals surface area contributed by atoms with E-state index >= 15 is 0 Å². The van der Waals surface area contributed by atoms with Crippen LogP contribution in [0.15, 0.2) is 36.9 Å². The van der Waals surface area contributed by atoms with E-state index in [1.165, 1.54) is 5.56 Å². The van der Waals surface area contributed by atoms with E-state index in [4.69, 9.17) is 15.5 Å². The number of allylic oxidation sites excluding steroid dienone is 1. The third kappa shape index (κ3) is 4.10. The van der Waals surface area contributed by atoms with Crippen molar-refractivity contribution in [1.82, 2.24) is 0 Å². The average molecular weight is 241 g/mol. The third-order valence-electron chi connectivity index (χ3n) is 2.11. The fourth-order valence-corrected chi connectivity index (χ4v) is 3.39. The highest BCUT2D eigenvalue weighted by Gasteiger charge is 2.10. The fourth-order valence-electron chi connectivity index (χ4n) is 1.37. The van der Waals surface area contributed by atoms with Crippen LogP contribution in [0.4, 0.5) is 0 Å². The number of hydrogen-bond acceptors (Lipinski definition) is 1. The summed E-state index contributed by atoms with van der Waals surface area (Å²) in [4.78, 5) is 0. The first-order valence-electron chi connectivity index (χ1n) is 5.27. The number of rotatable bonds is 6. The van der Waals surface area contributed by atoms with Crippen molar-refractivity contribution in [2.45, 2.75) is 25.8 Å². The van der Waals surface area contributed by atoms with Crippen LogP contribution in [0, 0.1) is 0 Å². The van der Waals surface area contributed by atoms with Crippen molar-refractivity contribution in [3.05, 3.63) is 42.5 Å². The Labute approximate surface area is 98.2 Å². The van der Waals surface area contributed by atoms with Gasteiger partial charge in [-0.05, 0) is 24.1 Å². The smallest absolute Gasteiger partial charge is 0.331 e. The zero-order valence-electron chi connectivity index (χ0n) is 9.08. The van der Waals surface area contributed by atoms with Gasteiger partial charge in [0, 0.05) is 0 Å². The number of hydrogen-bond donors (Lipinski definition) is 0. The molecule has 1 aromatic carbocycles. The average Bonchev–Trinajstić information content (AvgIpc) is 2.21. The van der Waals surface area contributed by atoms with Gasteiger partial charge < -0.3 is 4.43 Å². The standard InChI is InChI=1S/C12H17ClOSi/c1-3-7-11-8-5-6-9-12(11)14-15(13)10-4-2/h3,5-6,8-9,15H,1,4,7,10H2,2H3. The summed E-state index contributed by atoms with van der Waals surface area (Å²) in [6, 6.07) is 9.03. The largest absolute Gasteiger partial charge is 0.531 e. The Morgan fingerprint density at radius 3 is 2.87 bits per heavy atom. The number of benzene rings is 1. The molecule has 1 aromatic rings. The Morgan fingerprint density at radius 1 is 1.47 bits per heavy atom. The van der Waals surface area contributed by atoms with Gasteiger partial charge in [0.15, 0.2) is 0 Å². The van der Waals surface area contributed by atoms with Crippen molar-refractivity contribution in [1.29, 1.82) is 0 Å². The lowest BCUT2D eigenvalue weighted by Gasteiger charge is -2.13. The molecule has 1 unspecified atom stereocenters. The molecule has 0 heterocycles. The van der Waals surface area contributed by atoms with Crippen LogP contribution in [0.3, 0.4) is 0 Å². The second kappa shape index (κ2) is 6.70. The molecular weight excluding hydrogens is 224 g/mol. The molecule has 1 atom stereocenters. The maximum absolute atomic E-state index is 6.18. The van der Waals surface area contributed by atoms with Crippen LogP contribution >= 0.6 is 11.1 Å². The molecule has 0 aliphatic rings. The van der Waals surface area contributed by atoms with Crippen LogP contribution in [0.2, 0.25) is 6.04 Å². The molecule has 0 aromatic heterocycles. The molecule has 0 radical (unpaired) electrons. The Hall–Kier alpha value is -0.733. The number of para-hydroxylation sites is 1. The highest BCUT2D eigenvalue weighted by Crippen LogP contribution is 2.21. The molecule has 3 heteroatoms. The Balaban J connectivity index is 2.70. The van der Waals surface area contributed by atoms with Crippen LogP contribution in [-0.4, -0.2) is 8.35 Å². The molecule has 0 bridgehead atoms. The van der Waals surface area contributed by atoms with Gasteiger partial charge in [0.1, 0.15) is 5.75 Å². The summed E-state index contributed by atoms with van der Waals surface area (Å²) in [6.07, 6.45) is 3.80. The first-order valence-corrected chi connectivity index (χ1v) is 8.30. The van der Waals surface area contributed by atoms with E-state index < -0.39 is 8.35 Å². The zero-order chi connectivity index (χ0) is 11.1. The highest BCUT2D eigenvalue weighted by atomic mass is 35.6. The van der Waals surface area contributed by atoms with E-state index in [0.29, 0.717) is 0 Å². The molecular formula is C12H17ClOSi. The monoisotopic (exact) mass is 240 g/mol. The summed E-state index contributed by atoms with van der Waals surface area (Å²) >= 11 is 6.18. The van der Waals surface area contributed by atoms with Crippen molar-refractivity contribution in [2.24, 2.45) is 0 Å². The lowest BCUT2D eigenvalue weighted by molar-refractivity contribution is 0.575. The van der Waals surface area contributed by atoms with Crippen molar-refractivity contribution < 1.29 is 4.43 Å². The SMILES string of the molecule is C=CCc1ccccc1O[SiH](Cl)CCC. The normalized spacial score (nSPS) is 12.1. The molecule has 82 valence electrons. The maximum Gasteiger partial charge on any atom is 0.331 e. The van der Waals surface area contributed by atoms with Gasteiger partial charge in [0.2, 0.25) is 0 Å². The third-order valence-corrected chi connectivity index (χ3v) is 4.57. The van der Waals surface area contributed by atoms with E-state index in [9.17, 15) is 0 Å². The topological polar surface area (TPSA) is 9.23 Å². The van der Waals surface area contributed by atoms with Crippen LogP contribution in [0.1, 0.15) is 18.9 Å². The quantitative estimate of drug-likeness (QED) is 0.419. The van der Waals surface area contributed by atoms with Crippen molar-refractivity contribution >= 4 is 19.4 Å². The molecule has 15 heavy (non-hydrogen) atoms. The summed E-state index contributed by atoms with van der Waals surface area (Å²) in [5.74, 6) is 0.928. The van der Waals surface area contributed by atoms with Crippen LogP contribution in [-0.2, 0) is 6.42 Å². The maximum atomic E-state index is 6.18. The lowest BCUT2D eigenvalue weighted by atomic mass is 10.1. The molecule has 1 nitrogen and oxygen atoms in total. The van der Waals surface area contributed by atoms with E-state index in [1.54, 1.807) is 0 Å². The van der Waals surface area contributed by atoms with Crippen molar-refractivity contribution in [3.8, 4) is 5.75 Å². The molecule has 0 amide bonds. The molecule has 0 saturated carbocycles. The highest BCUT2D eigenvalue weighted by molar-refractivity contribution is 7.03. The Bertz CT molecular complexity index is 314. The van der Waals surface area contributed by atoms with Gasteiger partial charge in [-0.25, -0.2) is 0 Å². The van der Waals surface area contributed by atoms with Crippen LogP contribution in [0.5, 0.6) is 5.75 Å². The summed E-state index contributed by atoms with van der Waals surface area (Å²) in [5, 5.41) is 0. The van der Waals surface area contributed by atoms with Gasteiger partial charge in [0.05, 0.1) is 0 Å². The zero-order valence-corrected chi connectivity index (χ0v) is 11.0. The van der Waals surface area contributed by atoms with Gasteiger partial charge in [-0.1, -0.05) is 37.6 Å². The summed E-state index contributed by atoms with van der Waals surface area (Å²) in [7, 11) is -1.54.